The molecule has 40 heavy (non-hydrogen) atoms. The number of carboxylic acids is 3. The second kappa shape index (κ2) is 21.2. The minimum absolute atomic E-state index is 0. The molecule has 0 saturated carbocycles. The van der Waals surface area contributed by atoms with Gasteiger partial charge in [-0.15, -0.1) is 0 Å². The molecule has 215 valence electrons. The van der Waals surface area contributed by atoms with Gasteiger partial charge >= 0.3 is 17.1 Å². The van der Waals surface area contributed by atoms with Crippen LogP contribution in [0.1, 0.15) is 107 Å². The van der Waals surface area contributed by atoms with Gasteiger partial charge in [-0.1, -0.05) is 58.2 Å². The first kappa shape index (κ1) is 36.4. The number of carboxylic acid groups (broad SMARTS) is 3. The van der Waals surface area contributed by atoms with E-state index in [9.17, 15) is 29.7 Å². The van der Waals surface area contributed by atoms with Crippen molar-refractivity contribution in [3.05, 3.63) is 88.8 Å². The number of unbranched alkanes of at least 4 members (excludes halogenated alkanes) is 3. The maximum atomic E-state index is 10.4. The summed E-state index contributed by atoms with van der Waals surface area (Å²) in [6, 6.07) is 9.82. The van der Waals surface area contributed by atoms with Crippen molar-refractivity contribution in [2.24, 2.45) is 0 Å². The van der Waals surface area contributed by atoms with Crippen molar-refractivity contribution in [2.45, 2.75) is 78.6 Å². The van der Waals surface area contributed by atoms with Crippen molar-refractivity contribution >= 4 is 17.9 Å². The van der Waals surface area contributed by atoms with E-state index in [0.29, 0.717) is 0 Å². The Bertz CT molecular complexity index is 991. The molecule has 0 spiro atoms. The molecule has 0 N–H and O–H groups in total. The number of aromatic carboxylic acids is 3. The first-order chi connectivity index (χ1) is 18.7. The predicted octanol–water partition coefficient (Wildman–Crippen LogP) is 2.36. The molecule has 0 aliphatic carbocycles. The molecule has 0 fully saturated rings. The average Bonchev–Trinajstić information content (AvgIpc) is 2.95. The summed E-state index contributed by atoms with van der Waals surface area (Å²) in [5.41, 5.74) is 3.23. The van der Waals surface area contributed by atoms with Gasteiger partial charge in [-0.2, -0.15) is 0 Å². The number of nitrogens with zero attached hydrogens (tertiary/aromatic N) is 3. The summed E-state index contributed by atoms with van der Waals surface area (Å²) in [5.74, 6) is -3.66. The summed E-state index contributed by atoms with van der Waals surface area (Å²) in [5, 5.41) is 31.1. The van der Waals surface area contributed by atoms with Gasteiger partial charge in [-0.05, 0) is 73.4 Å². The van der Waals surface area contributed by atoms with E-state index in [4.69, 9.17) is 0 Å². The van der Waals surface area contributed by atoms with Crippen molar-refractivity contribution < 1.29 is 46.8 Å². The van der Waals surface area contributed by atoms with Gasteiger partial charge in [0.05, 0.1) is 35.0 Å². The number of rotatable bonds is 12. The Kier molecular flexibility index (Phi) is 19.3. The fourth-order valence-corrected chi connectivity index (χ4v) is 3.22. The van der Waals surface area contributed by atoms with Crippen molar-refractivity contribution in [2.75, 3.05) is 0 Å². The molecule has 0 bridgehead atoms. The number of hydrogen-bond donors (Lipinski definition) is 0. The Labute approximate surface area is 246 Å². The van der Waals surface area contributed by atoms with E-state index in [1.54, 1.807) is 36.8 Å². The minimum atomic E-state index is -1.22. The van der Waals surface area contributed by atoms with Crippen LogP contribution in [0.5, 0.6) is 0 Å². The summed E-state index contributed by atoms with van der Waals surface area (Å²) >= 11 is 0. The van der Waals surface area contributed by atoms with Gasteiger partial charge in [0.15, 0.2) is 0 Å². The van der Waals surface area contributed by atoms with E-state index in [1.165, 1.54) is 18.2 Å². The fraction of sp³-hybridized carbons (Fsp3) is 0.400. The zero-order chi connectivity index (χ0) is 29.0. The first-order valence-corrected chi connectivity index (χ1v) is 13.2. The molecule has 0 saturated heterocycles. The Morgan fingerprint density at radius 2 is 0.775 bits per heavy atom. The number of aryl methyl sites for hydroxylation is 3. The van der Waals surface area contributed by atoms with Crippen LogP contribution in [0.3, 0.4) is 0 Å². The van der Waals surface area contributed by atoms with Crippen LogP contribution in [0.15, 0.2) is 55.0 Å². The smallest absolute Gasteiger partial charge is 0.543 e. The molecule has 3 rings (SSSR count). The standard InChI is InChI=1S/3C10H13NO2.Fe/c3*1-2-3-4-8-5-6-9(10(12)13)11-7-8;/h3*5-7H,2-4H2,1H3,(H,12,13);/q;;;+3/p-3. The van der Waals surface area contributed by atoms with Crippen LogP contribution < -0.4 is 15.3 Å². The number of carbonyl (C=O) groups is 3. The number of carbonyl (C=O) groups excluding carboxylic acids is 3. The van der Waals surface area contributed by atoms with Crippen molar-refractivity contribution in [3.8, 4) is 0 Å². The normalized spacial score (nSPS) is 9.68. The molecule has 0 unspecified atom stereocenters. The quantitative estimate of drug-likeness (QED) is 0.289. The van der Waals surface area contributed by atoms with E-state index in [1.807, 2.05) is 0 Å². The van der Waals surface area contributed by atoms with E-state index in [-0.39, 0.29) is 34.2 Å². The molecule has 0 aromatic carbocycles. The Morgan fingerprint density at radius 1 is 0.525 bits per heavy atom. The Morgan fingerprint density at radius 3 is 0.925 bits per heavy atom. The van der Waals surface area contributed by atoms with Crippen LogP contribution in [0.4, 0.5) is 0 Å². The molecule has 3 aromatic rings. The van der Waals surface area contributed by atoms with Crippen molar-refractivity contribution in [3.63, 3.8) is 0 Å². The Balaban J connectivity index is 0.000000563. The summed E-state index contributed by atoms with van der Waals surface area (Å²) in [4.78, 5) is 42.4. The van der Waals surface area contributed by atoms with Gasteiger partial charge in [-0.25, -0.2) is 0 Å². The van der Waals surface area contributed by atoms with Crippen molar-refractivity contribution in [1.82, 2.24) is 15.0 Å². The minimum Gasteiger partial charge on any atom is -0.543 e. The molecule has 0 atom stereocenters. The van der Waals surface area contributed by atoms with Gasteiger partial charge in [0, 0.05) is 18.6 Å². The number of aromatic nitrogens is 3. The van der Waals surface area contributed by atoms with Crippen molar-refractivity contribution in [1.29, 1.82) is 0 Å². The van der Waals surface area contributed by atoms with Gasteiger partial charge in [0.25, 0.3) is 0 Å². The third-order valence-corrected chi connectivity index (χ3v) is 5.56. The molecular weight excluding hydrogens is 554 g/mol. The first-order valence-electron chi connectivity index (χ1n) is 13.2. The largest absolute Gasteiger partial charge is 3.00 e. The summed E-state index contributed by atoms with van der Waals surface area (Å²) in [6.07, 6.45) is 14.4. The van der Waals surface area contributed by atoms with Gasteiger partial charge in [-0.3, -0.25) is 15.0 Å². The van der Waals surface area contributed by atoms with E-state index >= 15 is 0 Å². The maximum absolute atomic E-state index is 10.4. The van der Waals surface area contributed by atoms with E-state index in [0.717, 1.165) is 74.5 Å². The van der Waals surface area contributed by atoms with Crippen LogP contribution in [0.2, 0.25) is 0 Å². The topological polar surface area (TPSA) is 159 Å². The molecule has 10 heteroatoms. The van der Waals surface area contributed by atoms with Crippen LogP contribution in [0, 0.1) is 0 Å². The molecule has 0 aliphatic rings. The SMILES string of the molecule is CCCCc1ccc(C(=O)[O-])nc1.CCCCc1ccc(C(=O)[O-])nc1.CCCCc1ccc(C(=O)[O-])nc1.[Fe+3]. The average molecular weight is 590 g/mol. The van der Waals surface area contributed by atoms with Crippen LogP contribution in [-0.4, -0.2) is 32.9 Å². The van der Waals surface area contributed by atoms with Gasteiger partial charge in [0.2, 0.25) is 0 Å². The Hall–Kier alpha value is -3.62. The zero-order valence-electron chi connectivity index (χ0n) is 23.2. The van der Waals surface area contributed by atoms with E-state index in [2.05, 4.69) is 35.7 Å². The number of hydrogen-bond acceptors (Lipinski definition) is 9. The summed E-state index contributed by atoms with van der Waals surface area (Å²) in [6.45, 7) is 6.34. The number of pyridine rings is 3. The maximum Gasteiger partial charge on any atom is 3.00 e. The molecule has 3 aromatic heterocycles. The summed E-state index contributed by atoms with van der Waals surface area (Å²) in [7, 11) is 0. The van der Waals surface area contributed by atoms with E-state index < -0.39 is 17.9 Å². The monoisotopic (exact) mass is 590 g/mol. The van der Waals surface area contributed by atoms with Crippen LogP contribution in [0.25, 0.3) is 0 Å². The second-order valence-corrected chi connectivity index (χ2v) is 8.83. The third-order valence-electron chi connectivity index (χ3n) is 5.56. The second-order valence-electron chi connectivity index (χ2n) is 8.83. The predicted molar refractivity (Wildman–Crippen MR) is 142 cm³/mol. The molecule has 0 aliphatic heterocycles. The fourth-order valence-electron chi connectivity index (χ4n) is 3.22. The molecule has 9 nitrogen and oxygen atoms in total. The van der Waals surface area contributed by atoms with Crippen LogP contribution >= 0.6 is 0 Å². The van der Waals surface area contributed by atoms with Crippen LogP contribution in [-0.2, 0) is 36.3 Å². The summed E-state index contributed by atoms with van der Waals surface area (Å²) < 4.78 is 0. The molecule has 1 radical (unpaired) electrons. The zero-order valence-corrected chi connectivity index (χ0v) is 24.3. The van der Waals surface area contributed by atoms with Gasteiger partial charge in [0.1, 0.15) is 0 Å². The van der Waals surface area contributed by atoms with Gasteiger partial charge < -0.3 is 29.7 Å². The molecule has 0 amide bonds. The third kappa shape index (κ3) is 15.1. The molecular formula is C30H36FeN3O6. The molecule has 3 heterocycles.